The van der Waals surface area contributed by atoms with Crippen molar-refractivity contribution >= 4 is 12.1 Å². The predicted molar refractivity (Wildman–Crippen MR) is 110 cm³/mol. The average Bonchev–Trinajstić information content (AvgIpc) is 3.13. The van der Waals surface area contributed by atoms with E-state index in [0.29, 0.717) is 24.5 Å². The Labute approximate surface area is 175 Å². The van der Waals surface area contributed by atoms with Gasteiger partial charge in [0.25, 0.3) is 0 Å². The number of ether oxygens (including phenoxy) is 2. The summed E-state index contributed by atoms with van der Waals surface area (Å²) < 4.78 is 12.7. The molecule has 0 saturated carbocycles. The standard InChI is InChI=1S/C21H29N3O6/c1-14(2)10-17(20(25)26)24(21(27)28)9-8-16-11-22-13-23(16)12-15-6-5-7-18(29-3)19(15)30-4/h5-7,11,13-14,17H,8-10,12H2,1-4H3,(H,25,26)(H,27,28). The van der Waals surface area contributed by atoms with Crippen LogP contribution in [0.15, 0.2) is 30.7 Å². The van der Waals surface area contributed by atoms with Crippen LogP contribution in [0.2, 0.25) is 0 Å². The number of carboxylic acid groups (broad SMARTS) is 2. The molecule has 9 heteroatoms. The van der Waals surface area contributed by atoms with Gasteiger partial charge in [0.15, 0.2) is 11.5 Å². The molecule has 0 bridgehead atoms. The van der Waals surface area contributed by atoms with E-state index in [-0.39, 0.29) is 18.9 Å². The van der Waals surface area contributed by atoms with Crippen molar-refractivity contribution in [1.82, 2.24) is 14.5 Å². The van der Waals surface area contributed by atoms with Crippen molar-refractivity contribution in [2.45, 2.75) is 39.3 Å². The highest BCUT2D eigenvalue weighted by Crippen LogP contribution is 2.31. The smallest absolute Gasteiger partial charge is 0.408 e. The minimum Gasteiger partial charge on any atom is -0.493 e. The highest BCUT2D eigenvalue weighted by Gasteiger charge is 2.30. The van der Waals surface area contributed by atoms with Crippen molar-refractivity contribution in [3.05, 3.63) is 42.0 Å². The van der Waals surface area contributed by atoms with Crippen molar-refractivity contribution in [2.75, 3.05) is 20.8 Å². The highest BCUT2D eigenvalue weighted by molar-refractivity contribution is 5.79. The van der Waals surface area contributed by atoms with Crippen molar-refractivity contribution in [2.24, 2.45) is 5.92 Å². The number of carboxylic acids is 1. The molecule has 0 aliphatic rings. The third-order valence-corrected chi connectivity index (χ3v) is 4.83. The normalized spacial score (nSPS) is 11.9. The number of imidazole rings is 1. The molecule has 1 aromatic carbocycles. The maximum absolute atomic E-state index is 11.7. The lowest BCUT2D eigenvalue weighted by atomic mass is 10.0. The number of para-hydroxylation sites is 1. The number of benzene rings is 1. The van der Waals surface area contributed by atoms with Crippen molar-refractivity contribution in [1.29, 1.82) is 0 Å². The Morgan fingerprint density at radius 1 is 1.20 bits per heavy atom. The van der Waals surface area contributed by atoms with Gasteiger partial charge in [-0.05, 0) is 18.4 Å². The molecule has 2 rings (SSSR count). The van der Waals surface area contributed by atoms with Gasteiger partial charge in [-0.3, -0.25) is 4.90 Å². The first-order valence-electron chi connectivity index (χ1n) is 9.69. The van der Waals surface area contributed by atoms with E-state index in [1.54, 1.807) is 26.7 Å². The molecular formula is C21H29N3O6. The van der Waals surface area contributed by atoms with Crippen LogP contribution in [0, 0.1) is 5.92 Å². The van der Waals surface area contributed by atoms with Gasteiger partial charge >= 0.3 is 12.1 Å². The largest absolute Gasteiger partial charge is 0.493 e. The van der Waals surface area contributed by atoms with E-state index in [1.165, 1.54) is 0 Å². The summed E-state index contributed by atoms with van der Waals surface area (Å²) >= 11 is 0. The van der Waals surface area contributed by atoms with E-state index in [9.17, 15) is 19.8 Å². The average molecular weight is 419 g/mol. The molecule has 0 aliphatic carbocycles. The van der Waals surface area contributed by atoms with Crippen LogP contribution in [0.25, 0.3) is 0 Å². The molecule has 1 aromatic heterocycles. The van der Waals surface area contributed by atoms with Gasteiger partial charge in [-0.2, -0.15) is 0 Å². The number of carbonyl (C=O) groups is 2. The van der Waals surface area contributed by atoms with E-state index in [4.69, 9.17) is 9.47 Å². The van der Waals surface area contributed by atoms with Gasteiger partial charge in [0.05, 0.1) is 27.1 Å². The third kappa shape index (κ3) is 5.65. The van der Waals surface area contributed by atoms with Gasteiger partial charge in [-0.1, -0.05) is 26.0 Å². The van der Waals surface area contributed by atoms with Crippen LogP contribution in [-0.2, 0) is 17.8 Å². The van der Waals surface area contributed by atoms with Crippen molar-refractivity contribution in [3.63, 3.8) is 0 Å². The Hall–Kier alpha value is -3.23. The van der Waals surface area contributed by atoms with Crippen molar-refractivity contribution < 1.29 is 29.3 Å². The molecule has 1 unspecified atom stereocenters. The van der Waals surface area contributed by atoms with E-state index in [1.807, 2.05) is 36.6 Å². The Morgan fingerprint density at radius 2 is 1.93 bits per heavy atom. The summed E-state index contributed by atoms with van der Waals surface area (Å²) in [6.07, 6.45) is 2.65. The number of aromatic nitrogens is 2. The summed E-state index contributed by atoms with van der Waals surface area (Å²) in [5.41, 5.74) is 1.68. The van der Waals surface area contributed by atoms with Crippen LogP contribution in [0.5, 0.6) is 11.5 Å². The Bertz CT molecular complexity index is 864. The van der Waals surface area contributed by atoms with E-state index < -0.39 is 18.1 Å². The van der Waals surface area contributed by atoms with E-state index in [2.05, 4.69) is 4.98 Å². The number of methoxy groups -OCH3 is 2. The Morgan fingerprint density at radius 3 is 2.50 bits per heavy atom. The quantitative estimate of drug-likeness (QED) is 0.575. The molecule has 1 heterocycles. The van der Waals surface area contributed by atoms with Gasteiger partial charge in [-0.15, -0.1) is 0 Å². The lowest BCUT2D eigenvalue weighted by Gasteiger charge is -2.27. The highest BCUT2D eigenvalue weighted by atomic mass is 16.5. The van der Waals surface area contributed by atoms with Gasteiger partial charge < -0.3 is 24.3 Å². The van der Waals surface area contributed by atoms with Crippen LogP contribution in [0.3, 0.4) is 0 Å². The molecule has 164 valence electrons. The fourth-order valence-electron chi connectivity index (χ4n) is 3.39. The number of nitrogens with zero attached hydrogens (tertiary/aromatic N) is 3. The molecule has 0 saturated heterocycles. The zero-order chi connectivity index (χ0) is 22.3. The Kier molecular flexibility index (Phi) is 8.08. The summed E-state index contributed by atoms with van der Waals surface area (Å²) in [5, 5.41) is 19.1. The summed E-state index contributed by atoms with van der Waals surface area (Å²) in [5.74, 6) is 0.154. The number of hydrogen-bond donors (Lipinski definition) is 2. The van der Waals surface area contributed by atoms with E-state index >= 15 is 0 Å². The summed E-state index contributed by atoms with van der Waals surface area (Å²) in [4.78, 5) is 28.5. The fourth-order valence-corrected chi connectivity index (χ4v) is 3.39. The second-order valence-corrected chi connectivity index (χ2v) is 7.38. The second kappa shape index (κ2) is 10.5. The van der Waals surface area contributed by atoms with Crippen LogP contribution < -0.4 is 9.47 Å². The predicted octanol–water partition coefficient (Wildman–Crippen LogP) is 2.97. The molecule has 0 aliphatic heterocycles. The molecule has 1 amide bonds. The molecule has 0 fully saturated rings. The van der Waals surface area contributed by atoms with Gasteiger partial charge in [0.2, 0.25) is 0 Å². The molecule has 9 nitrogen and oxygen atoms in total. The van der Waals surface area contributed by atoms with Crippen LogP contribution in [-0.4, -0.2) is 63.5 Å². The lowest BCUT2D eigenvalue weighted by molar-refractivity contribution is -0.143. The van der Waals surface area contributed by atoms with Crippen LogP contribution >= 0.6 is 0 Å². The van der Waals surface area contributed by atoms with Gasteiger partial charge in [0, 0.05) is 30.4 Å². The topological polar surface area (TPSA) is 114 Å². The number of rotatable bonds is 11. The molecule has 2 aromatic rings. The zero-order valence-corrected chi connectivity index (χ0v) is 17.7. The lowest BCUT2D eigenvalue weighted by Crippen LogP contribution is -2.46. The molecule has 1 atom stereocenters. The third-order valence-electron chi connectivity index (χ3n) is 4.83. The molecule has 2 N–H and O–H groups in total. The zero-order valence-electron chi connectivity index (χ0n) is 17.7. The monoisotopic (exact) mass is 419 g/mol. The van der Waals surface area contributed by atoms with Gasteiger partial charge in [0.1, 0.15) is 6.04 Å². The second-order valence-electron chi connectivity index (χ2n) is 7.38. The molecule has 0 spiro atoms. The summed E-state index contributed by atoms with van der Waals surface area (Å²) in [7, 11) is 3.14. The SMILES string of the molecule is COc1cccc(Cn2cncc2CCN(C(=O)O)C(CC(C)C)C(=O)O)c1OC. The maximum Gasteiger partial charge on any atom is 0.408 e. The number of hydrogen-bond acceptors (Lipinski definition) is 5. The van der Waals surface area contributed by atoms with Crippen LogP contribution in [0.1, 0.15) is 31.5 Å². The molecule has 30 heavy (non-hydrogen) atoms. The summed E-state index contributed by atoms with van der Waals surface area (Å²) in [6, 6.07) is 4.50. The first-order valence-corrected chi connectivity index (χ1v) is 9.69. The van der Waals surface area contributed by atoms with Gasteiger partial charge in [-0.25, -0.2) is 14.6 Å². The molecule has 0 radical (unpaired) electrons. The van der Waals surface area contributed by atoms with E-state index in [0.717, 1.165) is 16.2 Å². The summed E-state index contributed by atoms with van der Waals surface area (Å²) in [6.45, 7) is 4.25. The first-order chi connectivity index (χ1) is 14.3. The molecular weight excluding hydrogens is 390 g/mol. The Balaban J connectivity index is 2.19. The fraction of sp³-hybridized carbons (Fsp3) is 0.476. The van der Waals surface area contributed by atoms with Crippen LogP contribution in [0.4, 0.5) is 4.79 Å². The minimum atomic E-state index is -1.25. The minimum absolute atomic E-state index is 0.0546. The van der Waals surface area contributed by atoms with Crippen molar-refractivity contribution in [3.8, 4) is 11.5 Å². The maximum atomic E-state index is 11.7. The number of aliphatic carboxylic acids is 1. The first kappa shape index (κ1) is 23.1. The number of amides is 1.